The SMILES string of the molecule is CCc1ccccc1NC(=O)CN(C)C(=O)C(NC(=O)Nc1ccccc1)C(C)C. The number of carbonyl (C=O) groups is 3. The van der Waals surface area contributed by atoms with E-state index in [1.54, 1.807) is 19.2 Å². The molecule has 2 aromatic rings. The normalized spacial score (nSPS) is 11.5. The molecule has 1 atom stereocenters. The molecule has 0 fully saturated rings. The van der Waals surface area contributed by atoms with E-state index >= 15 is 0 Å². The lowest BCUT2D eigenvalue weighted by Crippen LogP contribution is -2.52. The van der Waals surface area contributed by atoms with Crippen LogP contribution in [-0.4, -0.2) is 42.4 Å². The van der Waals surface area contributed by atoms with Gasteiger partial charge in [-0.2, -0.15) is 0 Å². The van der Waals surface area contributed by atoms with Crippen LogP contribution in [0.5, 0.6) is 0 Å². The Hall–Kier alpha value is -3.35. The Morgan fingerprint density at radius 2 is 1.57 bits per heavy atom. The summed E-state index contributed by atoms with van der Waals surface area (Å²) in [7, 11) is 1.56. The number of rotatable bonds is 8. The zero-order valence-corrected chi connectivity index (χ0v) is 17.9. The number of para-hydroxylation sites is 2. The van der Waals surface area contributed by atoms with Crippen LogP contribution in [0.15, 0.2) is 54.6 Å². The van der Waals surface area contributed by atoms with Crippen LogP contribution in [0.4, 0.5) is 16.2 Å². The van der Waals surface area contributed by atoms with Crippen LogP contribution < -0.4 is 16.0 Å². The summed E-state index contributed by atoms with van der Waals surface area (Å²) in [6.07, 6.45) is 0.793. The molecule has 0 saturated carbocycles. The van der Waals surface area contributed by atoms with E-state index in [4.69, 9.17) is 0 Å². The molecule has 2 aromatic carbocycles. The fourth-order valence-corrected chi connectivity index (χ4v) is 3.01. The first kappa shape index (κ1) is 22.9. The number of urea groups is 1. The van der Waals surface area contributed by atoms with Crippen molar-refractivity contribution in [2.24, 2.45) is 5.92 Å². The molecule has 30 heavy (non-hydrogen) atoms. The second-order valence-electron chi connectivity index (χ2n) is 7.44. The molecule has 0 aliphatic heterocycles. The van der Waals surface area contributed by atoms with Crippen LogP contribution in [0.2, 0.25) is 0 Å². The summed E-state index contributed by atoms with van der Waals surface area (Å²) >= 11 is 0. The second-order valence-corrected chi connectivity index (χ2v) is 7.44. The van der Waals surface area contributed by atoms with Crippen molar-refractivity contribution in [3.05, 3.63) is 60.2 Å². The molecule has 7 nitrogen and oxygen atoms in total. The van der Waals surface area contributed by atoms with E-state index < -0.39 is 12.1 Å². The molecule has 0 bridgehead atoms. The van der Waals surface area contributed by atoms with E-state index in [2.05, 4.69) is 16.0 Å². The molecule has 160 valence electrons. The van der Waals surface area contributed by atoms with E-state index in [-0.39, 0.29) is 24.3 Å². The van der Waals surface area contributed by atoms with Gasteiger partial charge in [0, 0.05) is 18.4 Å². The average molecular weight is 411 g/mol. The lowest BCUT2D eigenvalue weighted by molar-refractivity contribution is -0.135. The Morgan fingerprint density at radius 3 is 2.20 bits per heavy atom. The highest BCUT2D eigenvalue weighted by Gasteiger charge is 2.28. The van der Waals surface area contributed by atoms with Crippen LogP contribution in [0.25, 0.3) is 0 Å². The van der Waals surface area contributed by atoms with Crippen molar-refractivity contribution in [2.75, 3.05) is 24.2 Å². The Balaban J connectivity index is 1.96. The number of anilines is 2. The maximum Gasteiger partial charge on any atom is 0.319 e. The van der Waals surface area contributed by atoms with E-state index in [0.29, 0.717) is 5.69 Å². The van der Waals surface area contributed by atoms with Crippen molar-refractivity contribution in [3.8, 4) is 0 Å². The third-order valence-corrected chi connectivity index (χ3v) is 4.68. The predicted octanol–water partition coefficient (Wildman–Crippen LogP) is 3.49. The van der Waals surface area contributed by atoms with Crippen molar-refractivity contribution in [1.29, 1.82) is 0 Å². The Labute approximate surface area is 177 Å². The summed E-state index contributed by atoms with van der Waals surface area (Å²) in [5.41, 5.74) is 2.40. The highest BCUT2D eigenvalue weighted by atomic mass is 16.2. The Kier molecular flexibility index (Phi) is 8.41. The molecule has 0 saturated heterocycles. The number of aryl methyl sites for hydroxylation is 1. The standard InChI is InChI=1S/C23H30N4O3/c1-5-17-11-9-10-14-19(17)25-20(28)15-27(4)22(29)21(16(2)3)26-23(30)24-18-12-7-6-8-13-18/h6-14,16,21H,5,15H2,1-4H3,(H,25,28)(H2,24,26,30). The molecule has 0 aliphatic carbocycles. The molecule has 7 heteroatoms. The summed E-state index contributed by atoms with van der Waals surface area (Å²) < 4.78 is 0. The number of carbonyl (C=O) groups excluding carboxylic acids is 3. The van der Waals surface area contributed by atoms with Crippen LogP contribution in [-0.2, 0) is 16.0 Å². The van der Waals surface area contributed by atoms with Crippen LogP contribution in [0.3, 0.4) is 0 Å². The monoisotopic (exact) mass is 410 g/mol. The first-order valence-corrected chi connectivity index (χ1v) is 10.1. The van der Waals surface area contributed by atoms with Gasteiger partial charge in [-0.15, -0.1) is 0 Å². The summed E-state index contributed by atoms with van der Waals surface area (Å²) in [5.74, 6) is -0.763. The Bertz CT molecular complexity index is 868. The largest absolute Gasteiger partial charge is 0.335 e. The van der Waals surface area contributed by atoms with Gasteiger partial charge < -0.3 is 20.9 Å². The van der Waals surface area contributed by atoms with Crippen LogP contribution in [0, 0.1) is 5.92 Å². The molecular weight excluding hydrogens is 380 g/mol. The minimum Gasteiger partial charge on any atom is -0.335 e. The molecule has 3 N–H and O–H groups in total. The first-order valence-electron chi connectivity index (χ1n) is 10.1. The number of amides is 4. The van der Waals surface area contributed by atoms with Crippen LogP contribution in [0.1, 0.15) is 26.3 Å². The fraction of sp³-hybridized carbons (Fsp3) is 0.348. The van der Waals surface area contributed by atoms with Gasteiger partial charge in [-0.05, 0) is 36.1 Å². The number of likely N-dealkylation sites (N-methyl/N-ethyl adjacent to an activating group) is 1. The molecule has 0 aliphatic rings. The molecule has 0 radical (unpaired) electrons. The molecule has 0 spiro atoms. The van der Waals surface area contributed by atoms with Crippen molar-refractivity contribution in [1.82, 2.24) is 10.2 Å². The molecular formula is C23H30N4O3. The number of hydrogen-bond donors (Lipinski definition) is 3. The minimum atomic E-state index is -0.755. The molecule has 0 aromatic heterocycles. The van der Waals surface area contributed by atoms with Gasteiger partial charge in [0.15, 0.2) is 0 Å². The van der Waals surface area contributed by atoms with Crippen molar-refractivity contribution >= 4 is 29.2 Å². The van der Waals surface area contributed by atoms with Crippen LogP contribution >= 0.6 is 0 Å². The lowest BCUT2D eigenvalue weighted by atomic mass is 10.0. The van der Waals surface area contributed by atoms with Crippen molar-refractivity contribution in [3.63, 3.8) is 0 Å². The maximum atomic E-state index is 12.9. The average Bonchev–Trinajstić information content (AvgIpc) is 2.72. The van der Waals surface area contributed by atoms with Gasteiger partial charge in [-0.25, -0.2) is 4.79 Å². The quantitative estimate of drug-likeness (QED) is 0.622. The van der Waals surface area contributed by atoms with E-state index in [1.807, 2.05) is 63.2 Å². The highest BCUT2D eigenvalue weighted by molar-refractivity contribution is 5.97. The second kappa shape index (κ2) is 11.0. The van der Waals surface area contributed by atoms with Gasteiger partial charge in [0.25, 0.3) is 0 Å². The van der Waals surface area contributed by atoms with Gasteiger partial charge in [0.2, 0.25) is 11.8 Å². The predicted molar refractivity (Wildman–Crippen MR) is 119 cm³/mol. The van der Waals surface area contributed by atoms with Gasteiger partial charge in [-0.3, -0.25) is 9.59 Å². The number of nitrogens with zero attached hydrogens (tertiary/aromatic N) is 1. The maximum absolute atomic E-state index is 12.9. The summed E-state index contributed by atoms with van der Waals surface area (Å²) in [4.78, 5) is 39.0. The van der Waals surface area contributed by atoms with E-state index in [9.17, 15) is 14.4 Å². The third kappa shape index (κ3) is 6.62. The van der Waals surface area contributed by atoms with Gasteiger partial charge >= 0.3 is 6.03 Å². The topological polar surface area (TPSA) is 90.5 Å². The summed E-state index contributed by atoms with van der Waals surface area (Å²) in [6, 6.07) is 15.3. The first-order chi connectivity index (χ1) is 14.3. The number of benzene rings is 2. The molecule has 4 amide bonds. The van der Waals surface area contributed by atoms with Crippen molar-refractivity contribution in [2.45, 2.75) is 33.2 Å². The zero-order chi connectivity index (χ0) is 22.1. The molecule has 1 unspecified atom stereocenters. The summed E-state index contributed by atoms with van der Waals surface area (Å²) in [6.45, 7) is 5.59. The van der Waals surface area contributed by atoms with E-state index in [0.717, 1.165) is 17.7 Å². The number of nitrogens with one attached hydrogen (secondary N) is 3. The van der Waals surface area contributed by atoms with Gasteiger partial charge in [0.1, 0.15) is 6.04 Å². The Morgan fingerprint density at radius 1 is 0.933 bits per heavy atom. The van der Waals surface area contributed by atoms with E-state index in [1.165, 1.54) is 4.90 Å². The number of hydrogen-bond acceptors (Lipinski definition) is 3. The smallest absolute Gasteiger partial charge is 0.319 e. The minimum absolute atomic E-state index is 0.109. The van der Waals surface area contributed by atoms with Crippen molar-refractivity contribution < 1.29 is 14.4 Å². The molecule has 2 rings (SSSR count). The zero-order valence-electron chi connectivity index (χ0n) is 17.9. The fourth-order valence-electron chi connectivity index (χ4n) is 3.01. The van der Waals surface area contributed by atoms with Gasteiger partial charge in [0.05, 0.1) is 6.54 Å². The van der Waals surface area contributed by atoms with Gasteiger partial charge in [-0.1, -0.05) is 57.2 Å². The highest BCUT2D eigenvalue weighted by Crippen LogP contribution is 2.15. The lowest BCUT2D eigenvalue weighted by Gasteiger charge is -2.27. The third-order valence-electron chi connectivity index (χ3n) is 4.68. The summed E-state index contributed by atoms with van der Waals surface area (Å²) in [5, 5.41) is 8.28. The molecule has 0 heterocycles.